The molecule has 0 aliphatic rings. The Bertz CT molecular complexity index is 775. The number of nitriles is 1. The fraction of sp³-hybridized carbons (Fsp3) is 0.250. The molecule has 0 fully saturated rings. The van der Waals surface area contributed by atoms with E-state index in [1.165, 1.54) is 6.92 Å². The maximum atomic E-state index is 11.7. The van der Waals surface area contributed by atoms with Crippen LogP contribution in [0.4, 0.5) is 0 Å². The monoisotopic (exact) mass is 337 g/mol. The van der Waals surface area contributed by atoms with Gasteiger partial charge in [-0.05, 0) is 43.7 Å². The van der Waals surface area contributed by atoms with Crippen molar-refractivity contribution in [3.05, 3.63) is 65.2 Å². The van der Waals surface area contributed by atoms with Crippen LogP contribution in [0.5, 0.6) is 5.75 Å². The van der Waals surface area contributed by atoms with Crippen molar-refractivity contribution in [3.63, 3.8) is 0 Å². The molecular formula is C20H19NO4. The van der Waals surface area contributed by atoms with Crippen LogP contribution in [0.25, 0.3) is 0 Å². The Morgan fingerprint density at radius 2 is 1.80 bits per heavy atom. The molecule has 25 heavy (non-hydrogen) atoms. The molecule has 0 amide bonds. The van der Waals surface area contributed by atoms with Crippen LogP contribution in [0.15, 0.2) is 48.5 Å². The number of hydrogen-bond donors (Lipinski definition) is 0. The molecule has 0 saturated heterocycles. The van der Waals surface area contributed by atoms with Crippen LogP contribution in [0.1, 0.15) is 41.3 Å². The zero-order valence-electron chi connectivity index (χ0n) is 14.0. The minimum Gasteiger partial charge on any atom is -0.494 e. The van der Waals surface area contributed by atoms with E-state index in [9.17, 15) is 9.59 Å². The van der Waals surface area contributed by atoms with Gasteiger partial charge in [0.05, 0.1) is 18.2 Å². The first-order valence-corrected chi connectivity index (χ1v) is 7.97. The Hall–Kier alpha value is -3.13. The summed E-state index contributed by atoms with van der Waals surface area (Å²) in [7, 11) is 0. The van der Waals surface area contributed by atoms with E-state index in [2.05, 4.69) is 6.07 Å². The number of carbonyl (C=O) groups excluding carboxylic acids is 2. The number of ether oxygens (including phenoxy) is 2. The maximum Gasteiger partial charge on any atom is 0.306 e. The van der Waals surface area contributed by atoms with Crippen molar-refractivity contribution in [1.29, 1.82) is 5.26 Å². The smallest absolute Gasteiger partial charge is 0.306 e. The standard InChI is InChI=1S/C20H19NO4/c1-15(22)16-8-10-19(11-9-16)24-12-4-7-20(23)25-14-18-6-3-2-5-17(18)13-21/h2-3,5-6,8-11H,4,7,12,14H2,1H3. The zero-order chi connectivity index (χ0) is 18.1. The summed E-state index contributed by atoms with van der Waals surface area (Å²) >= 11 is 0. The van der Waals surface area contributed by atoms with Crippen molar-refractivity contribution in [2.45, 2.75) is 26.4 Å². The van der Waals surface area contributed by atoms with Gasteiger partial charge in [-0.2, -0.15) is 5.26 Å². The molecule has 0 aliphatic carbocycles. The summed E-state index contributed by atoms with van der Waals surface area (Å²) in [6.45, 7) is 1.98. The molecule has 5 nitrogen and oxygen atoms in total. The molecule has 0 spiro atoms. The van der Waals surface area contributed by atoms with E-state index in [0.29, 0.717) is 35.5 Å². The molecule has 0 N–H and O–H groups in total. The number of rotatable bonds is 8. The molecule has 5 heteroatoms. The number of benzene rings is 2. The van der Waals surface area contributed by atoms with Crippen LogP contribution in [-0.4, -0.2) is 18.4 Å². The van der Waals surface area contributed by atoms with Gasteiger partial charge in [-0.15, -0.1) is 0 Å². The van der Waals surface area contributed by atoms with Gasteiger partial charge in [0.2, 0.25) is 0 Å². The average Bonchev–Trinajstić information content (AvgIpc) is 2.64. The largest absolute Gasteiger partial charge is 0.494 e. The molecule has 0 heterocycles. The van der Waals surface area contributed by atoms with Gasteiger partial charge in [0, 0.05) is 17.5 Å². The summed E-state index contributed by atoms with van der Waals surface area (Å²) in [6.07, 6.45) is 0.757. The normalized spacial score (nSPS) is 9.92. The highest BCUT2D eigenvalue weighted by atomic mass is 16.5. The average molecular weight is 337 g/mol. The lowest BCUT2D eigenvalue weighted by molar-refractivity contribution is -0.145. The van der Waals surface area contributed by atoms with E-state index in [1.54, 1.807) is 48.5 Å². The Balaban J connectivity index is 1.68. The molecule has 0 bridgehead atoms. The lowest BCUT2D eigenvalue weighted by Gasteiger charge is -2.08. The predicted molar refractivity (Wildman–Crippen MR) is 92.1 cm³/mol. The Kier molecular flexibility index (Phi) is 6.73. The number of esters is 1. The van der Waals surface area contributed by atoms with E-state index in [0.717, 1.165) is 0 Å². The fourth-order valence-electron chi connectivity index (χ4n) is 2.18. The lowest BCUT2D eigenvalue weighted by atomic mass is 10.1. The van der Waals surface area contributed by atoms with Crippen molar-refractivity contribution in [1.82, 2.24) is 0 Å². The minimum absolute atomic E-state index is 0.00673. The van der Waals surface area contributed by atoms with Gasteiger partial charge in [-0.25, -0.2) is 0 Å². The highest BCUT2D eigenvalue weighted by molar-refractivity contribution is 5.94. The van der Waals surface area contributed by atoms with E-state index in [-0.39, 0.29) is 24.8 Å². The molecule has 0 unspecified atom stereocenters. The summed E-state index contributed by atoms with van der Waals surface area (Å²) in [5, 5.41) is 8.99. The molecule has 2 aromatic rings. The van der Waals surface area contributed by atoms with E-state index in [4.69, 9.17) is 14.7 Å². The number of ketones is 1. The van der Waals surface area contributed by atoms with Crippen molar-refractivity contribution in [2.75, 3.05) is 6.61 Å². The number of hydrogen-bond acceptors (Lipinski definition) is 5. The first kappa shape index (κ1) is 18.2. The van der Waals surface area contributed by atoms with Crippen LogP contribution in [0.2, 0.25) is 0 Å². The van der Waals surface area contributed by atoms with Gasteiger partial charge >= 0.3 is 5.97 Å². The van der Waals surface area contributed by atoms with Crippen LogP contribution < -0.4 is 4.74 Å². The van der Waals surface area contributed by atoms with Crippen LogP contribution in [0, 0.1) is 11.3 Å². The SMILES string of the molecule is CC(=O)c1ccc(OCCCC(=O)OCc2ccccc2C#N)cc1. The van der Waals surface area contributed by atoms with Crippen molar-refractivity contribution >= 4 is 11.8 Å². The van der Waals surface area contributed by atoms with Crippen LogP contribution in [0.3, 0.4) is 0 Å². The quantitative estimate of drug-likeness (QED) is 0.417. The van der Waals surface area contributed by atoms with Gasteiger partial charge in [0.25, 0.3) is 0 Å². The molecule has 2 aromatic carbocycles. The number of carbonyl (C=O) groups is 2. The summed E-state index contributed by atoms with van der Waals surface area (Å²) in [5.41, 5.74) is 1.83. The van der Waals surface area contributed by atoms with Gasteiger partial charge in [0.1, 0.15) is 12.4 Å². The Morgan fingerprint density at radius 1 is 1.08 bits per heavy atom. The summed E-state index contributed by atoms with van der Waals surface area (Å²) in [5.74, 6) is 0.330. The third kappa shape index (κ3) is 5.78. The maximum absolute atomic E-state index is 11.7. The van der Waals surface area contributed by atoms with E-state index in [1.807, 2.05) is 0 Å². The first-order valence-electron chi connectivity index (χ1n) is 7.97. The van der Waals surface area contributed by atoms with Crippen molar-refractivity contribution in [3.8, 4) is 11.8 Å². The second-order valence-electron chi connectivity index (χ2n) is 5.46. The molecule has 0 radical (unpaired) electrons. The zero-order valence-corrected chi connectivity index (χ0v) is 14.0. The molecule has 128 valence electrons. The third-order valence-electron chi connectivity index (χ3n) is 3.58. The predicted octanol–water partition coefficient (Wildman–Crippen LogP) is 3.66. The molecule has 0 atom stereocenters. The molecule has 0 saturated carbocycles. The summed E-state index contributed by atoms with van der Waals surface area (Å²) in [4.78, 5) is 22.9. The Morgan fingerprint density at radius 3 is 2.48 bits per heavy atom. The second-order valence-corrected chi connectivity index (χ2v) is 5.46. The van der Waals surface area contributed by atoms with Crippen LogP contribution >= 0.6 is 0 Å². The molecule has 0 aliphatic heterocycles. The highest BCUT2D eigenvalue weighted by Crippen LogP contribution is 2.13. The third-order valence-corrected chi connectivity index (χ3v) is 3.58. The van der Waals surface area contributed by atoms with Crippen LogP contribution in [-0.2, 0) is 16.1 Å². The van der Waals surface area contributed by atoms with Gasteiger partial charge in [-0.1, -0.05) is 18.2 Å². The highest BCUT2D eigenvalue weighted by Gasteiger charge is 2.07. The van der Waals surface area contributed by atoms with Crippen molar-refractivity contribution < 1.29 is 19.1 Å². The van der Waals surface area contributed by atoms with E-state index >= 15 is 0 Å². The summed E-state index contributed by atoms with van der Waals surface area (Å²) in [6, 6.07) is 16.0. The molecular weight excluding hydrogens is 318 g/mol. The van der Waals surface area contributed by atoms with E-state index < -0.39 is 0 Å². The van der Waals surface area contributed by atoms with Gasteiger partial charge < -0.3 is 9.47 Å². The first-order chi connectivity index (χ1) is 12.1. The molecule has 2 rings (SSSR count). The topological polar surface area (TPSA) is 76.4 Å². The fourth-order valence-corrected chi connectivity index (χ4v) is 2.18. The lowest BCUT2D eigenvalue weighted by Crippen LogP contribution is -2.08. The molecule has 0 aromatic heterocycles. The van der Waals surface area contributed by atoms with Crippen molar-refractivity contribution in [2.24, 2.45) is 0 Å². The number of Topliss-reactive ketones (excluding diaryl/α,β-unsaturated/α-hetero) is 1. The summed E-state index contributed by atoms with van der Waals surface area (Å²) < 4.78 is 10.7. The van der Waals surface area contributed by atoms with Gasteiger partial charge in [-0.3, -0.25) is 9.59 Å². The Labute approximate surface area is 146 Å². The van der Waals surface area contributed by atoms with Gasteiger partial charge in [0.15, 0.2) is 5.78 Å². The number of nitrogens with zero attached hydrogens (tertiary/aromatic N) is 1. The second kappa shape index (κ2) is 9.24. The minimum atomic E-state index is -0.330.